The highest BCUT2D eigenvalue weighted by Gasteiger charge is 2.41. The Morgan fingerprint density at radius 2 is 2.10 bits per heavy atom. The fourth-order valence-corrected chi connectivity index (χ4v) is 3.60. The standard InChI is InChI=1S/C16H23N5/c1-16(2)10-6-9-13(16)15(19-17)14-11-18-20-21(14)12-7-4-3-5-8-12/h3-5,7-8,11,13,15,19H,6,9-10,17H2,1-2H3. The van der Waals surface area contributed by atoms with Crippen molar-refractivity contribution in [3.63, 3.8) is 0 Å². The molecule has 2 aromatic rings. The minimum atomic E-state index is 0.0673. The molecule has 2 atom stereocenters. The quantitative estimate of drug-likeness (QED) is 0.669. The molecule has 1 aliphatic carbocycles. The van der Waals surface area contributed by atoms with E-state index in [2.05, 4.69) is 29.6 Å². The number of benzene rings is 1. The fourth-order valence-electron chi connectivity index (χ4n) is 3.60. The zero-order valence-electron chi connectivity index (χ0n) is 12.7. The molecule has 0 radical (unpaired) electrons. The first-order valence-corrected chi connectivity index (χ1v) is 7.55. The molecule has 0 aliphatic heterocycles. The van der Waals surface area contributed by atoms with Crippen LogP contribution in [0.5, 0.6) is 0 Å². The molecule has 3 N–H and O–H groups in total. The lowest BCUT2D eigenvalue weighted by molar-refractivity contribution is 0.194. The summed E-state index contributed by atoms with van der Waals surface area (Å²) in [5.74, 6) is 6.38. The van der Waals surface area contributed by atoms with Crippen LogP contribution >= 0.6 is 0 Å². The number of hydrogen-bond donors (Lipinski definition) is 2. The zero-order chi connectivity index (χ0) is 14.9. The van der Waals surface area contributed by atoms with Gasteiger partial charge in [0.25, 0.3) is 0 Å². The third kappa shape index (κ3) is 2.59. The number of nitrogens with one attached hydrogen (secondary N) is 1. The Morgan fingerprint density at radius 3 is 2.71 bits per heavy atom. The largest absolute Gasteiger partial charge is 0.271 e. The maximum absolute atomic E-state index is 5.89. The molecule has 1 heterocycles. The van der Waals surface area contributed by atoms with Gasteiger partial charge in [0, 0.05) is 0 Å². The summed E-state index contributed by atoms with van der Waals surface area (Å²) in [6.07, 6.45) is 5.50. The summed E-state index contributed by atoms with van der Waals surface area (Å²) >= 11 is 0. The van der Waals surface area contributed by atoms with Gasteiger partial charge in [-0.3, -0.25) is 11.3 Å². The Morgan fingerprint density at radius 1 is 1.33 bits per heavy atom. The van der Waals surface area contributed by atoms with Crippen LogP contribution in [0.2, 0.25) is 0 Å². The monoisotopic (exact) mass is 285 g/mol. The van der Waals surface area contributed by atoms with Crippen LogP contribution in [-0.4, -0.2) is 15.0 Å². The molecule has 1 aliphatic rings. The Labute approximate surface area is 125 Å². The Kier molecular flexibility index (Phi) is 3.78. The van der Waals surface area contributed by atoms with Crippen molar-refractivity contribution >= 4 is 0 Å². The van der Waals surface area contributed by atoms with Crippen LogP contribution in [0, 0.1) is 11.3 Å². The van der Waals surface area contributed by atoms with Gasteiger partial charge in [-0.05, 0) is 36.3 Å². The van der Waals surface area contributed by atoms with E-state index in [-0.39, 0.29) is 11.5 Å². The molecule has 21 heavy (non-hydrogen) atoms. The number of para-hydroxylation sites is 1. The molecule has 0 bridgehead atoms. The van der Waals surface area contributed by atoms with Crippen LogP contribution in [0.4, 0.5) is 0 Å². The van der Waals surface area contributed by atoms with Gasteiger partial charge in [0.1, 0.15) is 0 Å². The molecule has 1 fully saturated rings. The van der Waals surface area contributed by atoms with Crippen LogP contribution in [0.3, 0.4) is 0 Å². The van der Waals surface area contributed by atoms with E-state index in [9.17, 15) is 0 Å². The number of hydrazine groups is 1. The van der Waals surface area contributed by atoms with Gasteiger partial charge in [-0.1, -0.05) is 43.7 Å². The highest BCUT2D eigenvalue weighted by molar-refractivity contribution is 5.32. The summed E-state index contributed by atoms with van der Waals surface area (Å²) in [6, 6.07) is 10.1. The number of hydrogen-bond acceptors (Lipinski definition) is 4. The molecule has 0 saturated heterocycles. The summed E-state index contributed by atoms with van der Waals surface area (Å²) in [5.41, 5.74) is 5.34. The minimum Gasteiger partial charge on any atom is -0.271 e. The lowest BCUT2D eigenvalue weighted by Gasteiger charge is -2.33. The summed E-state index contributed by atoms with van der Waals surface area (Å²) in [4.78, 5) is 0. The smallest absolute Gasteiger partial charge is 0.0831 e. The van der Waals surface area contributed by atoms with Crippen molar-refractivity contribution in [1.29, 1.82) is 0 Å². The van der Waals surface area contributed by atoms with E-state index in [1.165, 1.54) is 19.3 Å². The number of rotatable bonds is 4. The second-order valence-electron chi connectivity index (χ2n) is 6.54. The summed E-state index contributed by atoms with van der Waals surface area (Å²) in [7, 11) is 0. The maximum atomic E-state index is 5.89. The lowest BCUT2D eigenvalue weighted by atomic mass is 9.77. The normalized spacial score (nSPS) is 22.3. The van der Waals surface area contributed by atoms with Crippen molar-refractivity contribution in [3.8, 4) is 5.69 Å². The number of aromatic nitrogens is 3. The molecule has 1 saturated carbocycles. The van der Waals surface area contributed by atoms with Gasteiger partial charge in [-0.15, -0.1) is 5.10 Å². The van der Waals surface area contributed by atoms with Crippen molar-refractivity contribution in [2.24, 2.45) is 17.2 Å². The molecule has 1 aromatic carbocycles. The molecular weight excluding hydrogens is 262 g/mol. The second kappa shape index (κ2) is 5.58. The first-order chi connectivity index (χ1) is 10.1. The Bertz CT molecular complexity index is 590. The average Bonchev–Trinajstić information content (AvgIpc) is 3.09. The Hall–Kier alpha value is -1.72. The molecule has 0 spiro atoms. The van der Waals surface area contributed by atoms with E-state index in [0.29, 0.717) is 5.92 Å². The fraction of sp³-hybridized carbons (Fsp3) is 0.500. The van der Waals surface area contributed by atoms with Gasteiger partial charge in [-0.2, -0.15) is 0 Å². The molecule has 5 heteroatoms. The van der Waals surface area contributed by atoms with Gasteiger partial charge < -0.3 is 0 Å². The van der Waals surface area contributed by atoms with Gasteiger partial charge in [0.2, 0.25) is 0 Å². The van der Waals surface area contributed by atoms with E-state index in [1.54, 1.807) is 0 Å². The van der Waals surface area contributed by atoms with Crippen LogP contribution in [-0.2, 0) is 0 Å². The van der Waals surface area contributed by atoms with Crippen LogP contribution < -0.4 is 11.3 Å². The molecule has 5 nitrogen and oxygen atoms in total. The number of nitrogens with two attached hydrogens (primary N) is 1. The second-order valence-corrected chi connectivity index (χ2v) is 6.54. The first kappa shape index (κ1) is 14.2. The highest BCUT2D eigenvalue weighted by Crippen LogP contribution is 2.48. The van der Waals surface area contributed by atoms with E-state index < -0.39 is 0 Å². The van der Waals surface area contributed by atoms with Crippen LogP contribution in [0.15, 0.2) is 36.5 Å². The van der Waals surface area contributed by atoms with Crippen LogP contribution in [0.1, 0.15) is 44.8 Å². The van der Waals surface area contributed by atoms with Crippen molar-refractivity contribution in [3.05, 3.63) is 42.2 Å². The van der Waals surface area contributed by atoms with Gasteiger partial charge in [0.15, 0.2) is 0 Å². The van der Waals surface area contributed by atoms with E-state index in [0.717, 1.165) is 11.4 Å². The number of nitrogens with zero attached hydrogens (tertiary/aromatic N) is 3. The first-order valence-electron chi connectivity index (χ1n) is 7.55. The molecular formula is C16H23N5. The average molecular weight is 285 g/mol. The van der Waals surface area contributed by atoms with Gasteiger partial charge in [0.05, 0.1) is 23.6 Å². The van der Waals surface area contributed by atoms with Crippen LogP contribution in [0.25, 0.3) is 5.69 Å². The van der Waals surface area contributed by atoms with E-state index >= 15 is 0 Å². The lowest BCUT2D eigenvalue weighted by Crippen LogP contribution is -2.38. The van der Waals surface area contributed by atoms with Crippen molar-refractivity contribution in [2.45, 2.75) is 39.2 Å². The maximum Gasteiger partial charge on any atom is 0.0831 e. The summed E-state index contributed by atoms with van der Waals surface area (Å²) in [5, 5.41) is 8.35. The molecule has 1 aromatic heterocycles. The molecule has 2 unspecified atom stereocenters. The van der Waals surface area contributed by atoms with Crippen molar-refractivity contribution in [2.75, 3.05) is 0 Å². The molecule has 0 amide bonds. The predicted octanol–water partition coefficient (Wildman–Crippen LogP) is 2.60. The summed E-state index contributed by atoms with van der Waals surface area (Å²) in [6.45, 7) is 4.65. The molecule has 112 valence electrons. The topological polar surface area (TPSA) is 68.8 Å². The van der Waals surface area contributed by atoms with Gasteiger partial charge >= 0.3 is 0 Å². The minimum absolute atomic E-state index is 0.0673. The van der Waals surface area contributed by atoms with Crippen molar-refractivity contribution in [1.82, 2.24) is 20.4 Å². The highest BCUT2D eigenvalue weighted by atomic mass is 15.4. The molecule has 3 rings (SSSR count). The van der Waals surface area contributed by atoms with E-state index in [4.69, 9.17) is 5.84 Å². The third-order valence-electron chi connectivity index (χ3n) is 4.82. The Balaban J connectivity index is 1.98. The predicted molar refractivity (Wildman–Crippen MR) is 82.5 cm³/mol. The zero-order valence-corrected chi connectivity index (χ0v) is 12.7. The van der Waals surface area contributed by atoms with E-state index in [1.807, 2.05) is 41.2 Å². The van der Waals surface area contributed by atoms with Gasteiger partial charge in [-0.25, -0.2) is 4.68 Å². The summed E-state index contributed by atoms with van der Waals surface area (Å²) < 4.78 is 1.89. The third-order valence-corrected chi connectivity index (χ3v) is 4.82. The van der Waals surface area contributed by atoms with Crippen molar-refractivity contribution < 1.29 is 0 Å². The SMILES string of the molecule is CC1(C)CCCC1C(NN)c1cnnn1-c1ccccc1.